The molecule has 138 valence electrons. The molecule has 0 aromatic heterocycles. The molecule has 2 aliphatic heterocycles. The topological polar surface area (TPSA) is 23.6 Å². The second-order valence-corrected chi connectivity index (χ2v) is 6.97. The van der Waals surface area contributed by atoms with Crippen LogP contribution >= 0.6 is 12.4 Å². The van der Waals surface area contributed by atoms with Gasteiger partial charge >= 0.3 is 0 Å². The van der Waals surface area contributed by atoms with Gasteiger partial charge in [0.1, 0.15) is 5.82 Å². The molecule has 0 aliphatic carbocycles. The summed E-state index contributed by atoms with van der Waals surface area (Å²) < 4.78 is 13.1. The van der Waals surface area contributed by atoms with Crippen molar-refractivity contribution in [1.29, 1.82) is 0 Å². The minimum Gasteiger partial charge on any atom is -0.337 e. The molecule has 0 saturated carbocycles. The fraction of sp³-hybridized carbons (Fsp3) is 0.381. The van der Waals surface area contributed by atoms with Crippen molar-refractivity contribution in [3.63, 3.8) is 0 Å². The Morgan fingerprint density at radius 2 is 1.58 bits per heavy atom. The van der Waals surface area contributed by atoms with E-state index in [4.69, 9.17) is 0 Å². The van der Waals surface area contributed by atoms with Crippen LogP contribution in [0.4, 0.5) is 4.39 Å². The molecule has 2 heterocycles. The Labute approximate surface area is 160 Å². The summed E-state index contributed by atoms with van der Waals surface area (Å²) in [6, 6.07) is 12.5. The maximum absolute atomic E-state index is 13.1. The van der Waals surface area contributed by atoms with Gasteiger partial charge in [0, 0.05) is 25.2 Å². The average molecular weight is 375 g/mol. The van der Waals surface area contributed by atoms with Gasteiger partial charge in [0.25, 0.3) is 5.91 Å². The zero-order valence-corrected chi connectivity index (χ0v) is 15.6. The molecule has 26 heavy (non-hydrogen) atoms. The standard InChI is InChI=1S/C21H23FN2O.ClH/c22-19-6-3-16(4-7-19)17-5-8-20-18(15-17)9-12-24(21(20)25)14-13-23-10-1-2-11-23;/h3-8,15H,1-2,9-14H2;1H. The lowest BCUT2D eigenvalue weighted by Crippen LogP contribution is -2.42. The van der Waals surface area contributed by atoms with Crippen molar-refractivity contribution in [3.8, 4) is 11.1 Å². The molecule has 1 fully saturated rings. The molecule has 0 spiro atoms. The Hall–Kier alpha value is -1.91. The molecular formula is C21H24ClFN2O. The predicted molar refractivity (Wildman–Crippen MR) is 104 cm³/mol. The molecule has 3 nitrogen and oxygen atoms in total. The monoisotopic (exact) mass is 374 g/mol. The Bertz CT molecular complexity index is 772. The van der Waals surface area contributed by atoms with E-state index in [1.54, 1.807) is 12.1 Å². The zero-order chi connectivity index (χ0) is 17.2. The Balaban J connectivity index is 0.00000196. The second-order valence-electron chi connectivity index (χ2n) is 6.97. The minimum absolute atomic E-state index is 0. The van der Waals surface area contributed by atoms with Crippen molar-refractivity contribution in [2.45, 2.75) is 19.3 Å². The molecule has 0 bridgehead atoms. The molecule has 0 radical (unpaired) electrons. The lowest BCUT2D eigenvalue weighted by atomic mass is 9.94. The molecule has 1 amide bonds. The van der Waals surface area contributed by atoms with Crippen molar-refractivity contribution < 1.29 is 9.18 Å². The Morgan fingerprint density at radius 1 is 0.885 bits per heavy atom. The Morgan fingerprint density at radius 3 is 2.31 bits per heavy atom. The number of carbonyl (C=O) groups is 1. The highest BCUT2D eigenvalue weighted by molar-refractivity contribution is 5.97. The first-order valence-corrected chi connectivity index (χ1v) is 9.11. The van der Waals surface area contributed by atoms with Gasteiger partial charge < -0.3 is 9.80 Å². The zero-order valence-electron chi connectivity index (χ0n) is 14.8. The number of hydrogen-bond donors (Lipinski definition) is 0. The fourth-order valence-corrected chi connectivity index (χ4v) is 3.84. The summed E-state index contributed by atoms with van der Waals surface area (Å²) in [6.45, 7) is 4.92. The van der Waals surface area contributed by atoms with Crippen LogP contribution in [-0.4, -0.2) is 48.4 Å². The highest BCUT2D eigenvalue weighted by Crippen LogP contribution is 2.26. The summed E-state index contributed by atoms with van der Waals surface area (Å²) >= 11 is 0. The largest absolute Gasteiger partial charge is 0.337 e. The highest BCUT2D eigenvalue weighted by Gasteiger charge is 2.25. The molecule has 4 rings (SSSR count). The summed E-state index contributed by atoms with van der Waals surface area (Å²) in [5.41, 5.74) is 3.94. The van der Waals surface area contributed by atoms with Crippen LogP contribution in [0.15, 0.2) is 42.5 Å². The van der Waals surface area contributed by atoms with Gasteiger partial charge in [-0.15, -0.1) is 12.4 Å². The summed E-state index contributed by atoms with van der Waals surface area (Å²) in [4.78, 5) is 17.2. The third-order valence-electron chi connectivity index (χ3n) is 5.34. The van der Waals surface area contributed by atoms with Crippen molar-refractivity contribution in [1.82, 2.24) is 9.80 Å². The van der Waals surface area contributed by atoms with Crippen LogP contribution in [0.5, 0.6) is 0 Å². The van der Waals surface area contributed by atoms with Gasteiger partial charge in [-0.3, -0.25) is 4.79 Å². The SMILES string of the molecule is Cl.O=C1c2ccc(-c3ccc(F)cc3)cc2CCN1CCN1CCCC1. The number of likely N-dealkylation sites (tertiary alicyclic amines) is 1. The number of halogens is 2. The third-order valence-corrected chi connectivity index (χ3v) is 5.34. The number of rotatable bonds is 4. The number of fused-ring (bicyclic) bond motifs is 1. The quantitative estimate of drug-likeness (QED) is 0.807. The highest BCUT2D eigenvalue weighted by atomic mass is 35.5. The molecule has 2 aromatic rings. The number of nitrogens with zero attached hydrogens (tertiary/aromatic N) is 2. The van der Waals surface area contributed by atoms with Gasteiger partial charge in [-0.25, -0.2) is 4.39 Å². The van der Waals surface area contributed by atoms with Crippen molar-refractivity contribution in [2.24, 2.45) is 0 Å². The molecule has 2 aliphatic rings. The molecule has 0 unspecified atom stereocenters. The van der Waals surface area contributed by atoms with E-state index in [1.165, 1.54) is 38.1 Å². The van der Waals surface area contributed by atoms with Crippen LogP contribution < -0.4 is 0 Å². The summed E-state index contributed by atoms with van der Waals surface area (Å²) in [7, 11) is 0. The van der Waals surface area contributed by atoms with E-state index >= 15 is 0 Å². The van der Waals surface area contributed by atoms with Gasteiger partial charge in [-0.2, -0.15) is 0 Å². The van der Waals surface area contributed by atoms with Crippen molar-refractivity contribution in [2.75, 3.05) is 32.7 Å². The molecule has 1 saturated heterocycles. The summed E-state index contributed by atoms with van der Waals surface area (Å²) in [5.74, 6) is -0.0864. The lowest BCUT2D eigenvalue weighted by molar-refractivity contribution is 0.0724. The van der Waals surface area contributed by atoms with Crippen LogP contribution in [-0.2, 0) is 6.42 Å². The maximum atomic E-state index is 13.1. The van der Waals surface area contributed by atoms with E-state index in [2.05, 4.69) is 11.0 Å². The van der Waals surface area contributed by atoms with Crippen LogP contribution in [0.3, 0.4) is 0 Å². The van der Waals surface area contributed by atoms with E-state index in [0.717, 1.165) is 48.3 Å². The van der Waals surface area contributed by atoms with E-state index in [-0.39, 0.29) is 24.1 Å². The van der Waals surface area contributed by atoms with Crippen LogP contribution in [0, 0.1) is 5.82 Å². The first-order valence-electron chi connectivity index (χ1n) is 9.11. The summed E-state index contributed by atoms with van der Waals surface area (Å²) in [5, 5.41) is 0. The Kier molecular flexibility index (Phi) is 5.94. The van der Waals surface area contributed by atoms with E-state index in [1.807, 2.05) is 17.0 Å². The smallest absolute Gasteiger partial charge is 0.254 e. The molecule has 2 aromatic carbocycles. The first kappa shape index (κ1) is 18.9. The average Bonchev–Trinajstić information content (AvgIpc) is 3.15. The lowest BCUT2D eigenvalue weighted by Gasteiger charge is -2.30. The van der Waals surface area contributed by atoms with Crippen LogP contribution in [0.25, 0.3) is 11.1 Å². The summed E-state index contributed by atoms with van der Waals surface area (Å²) in [6.07, 6.45) is 3.45. The number of amides is 1. The second kappa shape index (κ2) is 8.19. The van der Waals surface area contributed by atoms with Gasteiger partial charge in [0.15, 0.2) is 0 Å². The van der Waals surface area contributed by atoms with Gasteiger partial charge in [0.2, 0.25) is 0 Å². The molecule has 0 atom stereocenters. The normalized spacial score (nSPS) is 17.1. The number of hydrogen-bond acceptors (Lipinski definition) is 2. The van der Waals surface area contributed by atoms with E-state index in [0.29, 0.717) is 0 Å². The first-order chi connectivity index (χ1) is 12.2. The predicted octanol–water partition coefficient (Wildman–Crippen LogP) is 4.01. The van der Waals surface area contributed by atoms with Gasteiger partial charge in [-0.1, -0.05) is 24.3 Å². The number of benzene rings is 2. The van der Waals surface area contributed by atoms with Gasteiger partial charge in [0.05, 0.1) is 0 Å². The van der Waals surface area contributed by atoms with Gasteiger partial charge in [-0.05, 0) is 67.2 Å². The van der Waals surface area contributed by atoms with Crippen molar-refractivity contribution in [3.05, 3.63) is 59.4 Å². The minimum atomic E-state index is -0.231. The number of carbonyl (C=O) groups excluding carboxylic acids is 1. The molecule has 5 heteroatoms. The third kappa shape index (κ3) is 3.92. The van der Waals surface area contributed by atoms with Crippen LogP contribution in [0.2, 0.25) is 0 Å². The maximum Gasteiger partial charge on any atom is 0.254 e. The molecular weight excluding hydrogens is 351 g/mol. The van der Waals surface area contributed by atoms with Crippen molar-refractivity contribution >= 4 is 18.3 Å². The fourth-order valence-electron chi connectivity index (χ4n) is 3.84. The van der Waals surface area contributed by atoms with E-state index in [9.17, 15) is 9.18 Å². The van der Waals surface area contributed by atoms with Crippen LogP contribution in [0.1, 0.15) is 28.8 Å². The molecule has 0 N–H and O–H groups in total. The van der Waals surface area contributed by atoms with E-state index < -0.39 is 0 Å².